The van der Waals surface area contributed by atoms with Crippen LogP contribution in [0.25, 0.3) is 0 Å². The van der Waals surface area contributed by atoms with E-state index in [4.69, 9.17) is 14.6 Å². The van der Waals surface area contributed by atoms with Crippen LogP contribution >= 0.6 is 0 Å². The summed E-state index contributed by atoms with van der Waals surface area (Å²) in [5, 5.41) is 29.0. The van der Waals surface area contributed by atoms with Gasteiger partial charge in [0.15, 0.2) is 0 Å². The minimum absolute atomic E-state index is 0.0953. The summed E-state index contributed by atoms with van der Waals surface area (Å²) < 4.78 is 10.8. The predicted molar refractivity (Wildman–Crippen MR) is 109 cm³/mol. The van der Waals surface area contributed by atoms with E-state index in [2.05, 4.69) is 19.1 Å². The summed E-state index contributed by atoms with van der Waals surface area (Å²) >= 11 is 0. The molecule has 0 spiro atoms. The second-order valence-corrected chi connectivity index (χ2v) is 7.68. The van der Waals surface area contributed by atoms with Gasteiger partial charge in [-0.15, -0.1) is 0 Å². The average Bonchev–Trinajstić information content (AvgIpc) is 2.67. The van der Waals surface area contributed by atoms with Crippen molar-refractivity contribution in [2.45, 2.75) is 108 Å². The van der Waals surface area contributed by atoms with Gasteiger partial charge in [-0.2, -0.15) is 0 Å². The molecule has 0 radical (unpaired) electrons. The molecule has 3 N–H and O–H groups in total. The number of allylic oxidation sites excluding steroid dienone is 2. The van der Waals surface area contributed by atoms with Crippen molar-refractivity contribution < 1.29 is 24.8 Å². The van der Waals surface area contributed by atoms with Gasteiger partial charge in [-0.1, -0.05) is 64.0 Å². The van der Waals surface area contributed by atoms with Gasteiger partial charge in [-0.3, -0.25) is 0 Å². The highest BCUT2D eigenvalue weighted by molar-refractivity contribution is 4.87. The molecule has 1 rings (SSSR count). The number of aliphatic hydroxyl groups excluding tert-OH is 3. The third kappa shape index (κ3) is 11.2. The maximum absolute atomic E-state index is 10.0. The summed E-state index contributed by atoms with van der Waals surface area (Å²) in [6, 6.07) is 0. The molecule has 0 aromatic heterocycles. The summed E-state index contributed by atoms with van der Waals surface area (Å²) in [6.07, 6.45) is 16.4. The fraction of sp³-hybridized carbons (Fsp3) is 0.909. The second-order valence-electron chi connectivity index (χ2n) is 7.68. The third-order valence-corrected chi connectivity index (χ3v) is 5.22. The molecule has 27 heavy (non-hydrogen) atoms. The van der Waals surface area contributed by atoms with Crippen LogP contribution in [0.1, 0.15) is 84.0 Å². The minimum Gasteiger partial charge on any atom is -0.394 e. The van der Waals surface area contributed by atoms with E-state index in [1.54, 1.807) is 0 Å². The zero-order valence-electron chi connectivity index (χ0n) is 17.2. The number of hydrogen-bond acceptors (Lipinski definition) is 5. The highest BCUT2D eigenvalue weighted by Crippen LogP contribution is 2.19. The molecule has 1 fully saturated rings. The molecule has 1 aliphatic rings. The van der Waals surface area contributed by atoms with E-state index in [1.807, 2.05) is 0 Å². The van der Waals surface area contributed by atoms with Crippen molar-refractivity contribution in [2.75, 3.05) is 19.8 Å². The van der Waals surface area contributed by atoms with Gasteiger partial charge < -0.3 is 24.8 Å². The van der Waals surface area contributed by atoms with E-state index in [-0.39, 0.29) is 13.2 Å². The van der Waals surface area contributed by atoms with Crippen molar-refractivity contribution in [3.63, 3.8) is 0 Å². The Kier molecular flexibility index (Phi) is 15.0. The van der Waals surface area contributed by atoms with Crippen LogP contribution in [-0.2, 0) is 9.47 Å². The molecule has 1 aliphatic heterocycles. The van der Waals surface area contributed by atoms with Gasteiger partial charge in [0.2, 0.25) is 0 Å². The highest BCUT2D eigenvalue weighted by Gasteiger charge is 2.38. The Balaban J connectivity index is 1.92. The van der Waals surface area contributed by atoms with E-state index >= 15 is 0 Å². The molecule has 0 aromatic rings. The molecular formula is C22H42O5. The lowest BCUT2D eigenvalue weighted by molar-refractivity contribution is -0.210. The van der Waals surface area contributed by atoms with Crippen LogP contribution in [0.15, 0.2) is 12.2 Å². The van der Waals surface area contributed by atoms with Crippen molar-refractivity contribution in [1.82, 2.24) is 0 Å². The lowest BCUT2D eigenvalue weighted by Crippen LogP contribution is -2.55. The molecular weight excluding hydrogens is 344 g/mol. The van der Waals surface area contributed by atoms with Crippen LogP contribution in [0.2, 0.25) is 0 Å². The zero-order valence-corrected chi connectivity index (χ0v) is 17.2. The SMILES string of the molecule is CCCCCCCC/C=C/CCCCCCO[C@@H]1[C@@H](O)[C@H](CO)OC[C@H]1O. The molecule has 5 nitrogen and oxygen atoms in total. The predicted octanol–water partition coefficient (Wildman–Crippen LogP) is 3.74. The minimum atomic E-state index is -0.976. The van der Waals surface area contributed by atoms with Crippen LogP contribution in [0.4, 0.5) is 0 Å². The molecule has 0 saturated carbocycles. The maximum Gasteiger partial charge on any atom is 0.114 e. The third-order valence-electron chi connectivity index (χ3n) is 5.22. The van der Waals surface area contributed by atoms with Crippen molar-refractivity contribution in [2.24, 2.45) is 0 Å². The summed E-state index contributed by atoms with van der Waals surface area (Å²) in [6.45, 7) is 2.60. The monoisotopic (exact) mass is 386 g/mol. The Morgan fingerprint density at radius 3 is 2.11 bits per heavy atom. The first kappa shape index (κ1) is 24.6. The molecule has 4 atom stereocenters. The second kappa shape index (κ2) is 16.5. The van der Waals surface area contributed by atoms with Gasteiger partial charge in [-0.25, -0.2) is 0 Å². The summed E-state index contributed by atoms with van der Waals surface area (Å²) in [5.41, 5.74) is 0. The molecule has 0 amide bonds. The van der Waals surface area contributed by atoms with Crippen LogP contribution < -0.4 is 0 Å². The Hall–Kier alpha value is -0.460. The fourth-order valence-electron chi connectivity index (χ4n) is 3.44. The van der Waals surface area contributed by atoms with Gasteiger partial charge in [0.1, 0.15) is 24.4 Å². The van der Waals surface area contributed by atoms with Gasteiger partial charge in [0.25, 0.3) is 0 Å². The lowest BCUT2D eigenvalue weighted by Gasteiger charge is -2.37. The Morgan fingerprint density at radius 1 is 0.889 bits per heavy atom. The summed E-state index contributed by atoms with van der Waals surface area (Å²) in [5.74, 6) is 0. The number of unbranched alkanes of at least 4 members (excludes halogenated alkanes) is 10. The molecule has 160 valence electrons. The molecule has 1 heterocycles. The van der Waals surface area contributed by atoms with Crippen molar-refractivity contribution >= 4 is 0 Å². The lowest BCUT2D eigenvalue weighted by atomic mass is 10.0. The van der Waals surface area contributed by atoms with E-state index in [0.29, 0.717) is 6.61 Å². The smallest absolute Gasteiger partial charge is 0.114 e. The van der Waals surface area contributed by atoms with E-state index in [1.165, 1.54) is 57.8 Å². The van der Waals surface area contributed by atoms with Gasteiger partial charge in [0, 0.05) is 6.61 Å². The highest BCUT2D eigenvalue weighted by atomic mass is 16.6. The van der Waals surface area contributed by atoms with Crippen LogP contribution in [0.3, 0.4) is 0 Å². The standard InChI is InChI=1S/C22H42O5/c1-2-3-4-5-6-7-8-9-10-11-12-13-14-15-16-26-22-19(24)18-27-20(17-23)21(22)25/h9-10,19-25H,2-8,11-18H2,1H3/b10-9+/t19-,20+,21+,22+/m1/s1. The first-order valence-electron chi connectivity index (χ1n) is 11.1. The van der Waals surface area contributed by atoms with Crippen LogP contribution in [0, 0.1) is 0 Å². The van der Waals surface area contributed by atoms with Gasteiger partial charge in [0.05, 0.1) is 13.2 Å². The van der Waals surface area contributed by atoms with Crippen LogP contribution in [-0.4, -0.2) is 59.6 Å². The Morgan fingerprint density at radius 2 is 1.48 bits per heavy atom. The first-order chi connectivity index (χ1) is 13.2. The number of aliphatic hydroxyl groups is 3. The Bertz CT molecular complexity index is 361. The normalized spacial score (nSPS) is 26.1. The largest absolute Gasteiger partial charge is 0.394 e. The van der Waals surface area contributed by atoms with Crippen LogP contribution in [0.5, 0.6) is 0 Å². The maximum atomic E-state index is 10.0. The average molecular weight is 387 g/mol. The fourth-order valence-corrected chi connectivity index (χ4v) is 3.44. The molecule has 0 bridgehead atoms. The van der Waals surface area contributed by atoms with Gasteiger partial charge >= 0.3 is 0 Å². The topological polar surface area (TPSA) is 79.2 Å². The van der Waals surface area contributed by atoms with E-state index < -0.39 is 24.4 Å². The zero-order chi connectivity index (χ0) is 19.7. The van der Waals surface area contributed by atoms with Crippen molar-refractivity contribution in [3.05, 3.63) is 12.2 Å². The molecule has 0 aromatic carbocycles. The molecule has 5 heteroatoms. The molecule has 0 unspecified atom stereocenters. The van der Waals surface area contributed by atoms with Crippen molar-refractivity contribution in [1.29, 1.82) is 0 Å². The van der Waals surface area contributed by atoms with E-state index in [0.717, 1.165) is 19.3 Å². The molecule has 0 aliphatic carbocycles. The summed E-state index contributed by atoms with van der Waals surface area (Å²) in [4.78, 5) is 0. The summed E-state index contributed by atoms with van der Waals surface area (Å²) in [7, 11) is 0. The molecule has 1 saturated heterocycles. The number of rotatable bonds is 16. The number of ether oxygens (including phenoxy) is 2. The van der Waals surface area contributed by atoms with Crippen molar-refractivity contribution in [3.8, 4) is 0 Å². The van der Waals surface area contributed by atoms with E-state index in [9.17, 15) is 10.2 Å². The number of hydrogen-bond donors (Lipinski definition) is 3. The Labute approximate surface area is 165 Å². The quantitative estimate of drug-likeness (QED) is 0.278. The van der Waals surface area contributed by atoms with Gasteiger partial charge in [-0.05, 0) is 32.1 Å². The first-order valence-corrected chi connectivity index (χ1v) is 11.1.